The number of phenols is 1. The van der Waals surface area contributed by atoms with E-state index in [1.54, 1.807) is 6.07 Å². The summed E-state index contributed by atoms with van der Waals surface area (Å²) < 4.78 is 0. The van der Waals surface area contributed by atoms with E-state index in [1.165, 1.54) is 36.8 Å². The number of carbonyl (C=O) groups excluding carboxylic acids is 1. The molecule has 2 aromatic rings. The monoisotopic (exact) mass is 470 g/mol. The van der Waals surface area contributed by atoms with Crippen LogP contribution in [-0.4, -0.2) is 63.2 Å². The average Bonchev–Trinajstić information content (AvgIpc) is 3.57. The smallest absolute Gasteiger partial charge is 0.254 e. The van der Waals surface area contributed by atoms with E-state index in [0.29, 0.717) is 18.5 Å². The molecule has 1 saturated heterocycles. The van der Waals surface area contributed by atoms with Crippen molar-refractivity contribution < 1.29 is 15.0 Å². The Labute approximate surface area is 207 Å². The van der Waals surface area contributed by atoms with Crippen molar-refractivity contribution in [3.63, 3.8) is 0 Å². The SMILES string of the molecule is O=C(c1ccccc1)N1CC=C2C1CC1(O)C3Cc4ccc(O)cc4C21CCN3CC1CCCC1. The second-order valence-electron chi connectivity index (χ2n) is 11.5. The summed E-state index contributed by atoms with van der Waals surface area (Å²) in [7, 11) is 0. The molecule has 0 radical (unpaired) electrons. The Morgan fingerprint density at radius 2 is 1.89 bits per heavy atom. The Balaban J connectivity index is 1.31. The van der Waals surface area contributed by atoms with Crippen molar-refractivity contribution in [2.24, 2.45) is 5.92 Å². The van der Waals surface area contributed by atoms with Crippen molar-refractivity contribution in [1.29, 1.82) is 0 Å². The number of phenolic OH excluding ortho intramolecular Hbond substituents is 1. The number of hydrogen-bond acceptors (Lipinski definition) is 4. The van der Waals surface area contributed by atoms with E-state index in [2.05, 4.69) is 17.0 Å². The van der Waals surface area contributed by atoms with Gasteiger partial charge in [0.25, 0.3) is 5.91 Å². The van der Waals surface area contributed by atoms with Crippen molar-refractivity contribution in [2.75, 3.05) is 19.6 Å². The van der Waals surface area contributed by atoms with Gasteiger partial charge in [0, 0.05) is 31.1 Å². The third kappa shape index (κ3) is 2.91. The molecule has 5 nitrogen and oxygen atoms in total. The standard InChI is InChI=1S/C30H34N2O3/c33-23-11-10-22-16-27-30(35)18-26-24(12-14-32(26)28(34)21-8-2-1-3-9-21)29(30,25(22)17-23)13-15-31(27)19-20-6-4-5-7-20/h1-3,8-12,17,20,26-27,33,35H,4-7,13-16,18-19H2. The van der Waals surface area contributed by atoms with Gasteiger partial charge in [0.05, 0.1) is 17.1 Å². The number of nitrogens with zero attached hydrogens (tertiary/aromatic N) is 2. The number of aromatic hydroxyl groups is 1. The molecule has 2 bridgehead atoms. The predicted octanol–water partition coefficient (Wildman–Crippen LogP) is 4.04. The first kappa shape index (κ1) is 21.6. The third-order valence-electron chi connectivity index (χ3n) is 9.96. The Morgan fingerprint density at radius 1 is 1.09 bits per heavy atom. The van der Waals surface area contributed by atoms with Gasteiger partial charge in [-0.2, -0.15) is 0 Å². The lowest BCUT2D eigenvalue weighted by atomic mass is 9.55. The number of piperidine rings is 1. The highest BCUT2D eigenvalue weighted by atomic mass is 16.3. The number of aliphatic hydroxyl groups is 1. The fraction of sp³-hybridized carbons (Fsp3) is 0.500. The number of likely N-dealkylation sites (tertiary alicyclic amines) is 1. The summed E-state index contributed by atoms with van der Waals surface area (Å²) in [6.45, 7) is 2.60. The van der Waals surface area contributed by atoms with E-state index >= 15 is 0 Å². The molecule has 2 aliphatic heterocycles. The van der Waals surface area contributed by atoms with Crippen LogP contribution < -0.4 is 0 Å². The van der Waals surface area contributed by atoms with Crippen molar-refractivity contribution in [3.05, 3.63) is 76.9 Å². The molecule has 182 valence electrons. The molecule has 4 atom stereocenters. The van der Waals surface area contributed by atoms with Crippen LogP contribution in [0.2, 0.25) is 0 Å². The summed E-state index contributed by atoms with van der Waals surface area (Å²) >= 11 is 0. The van der Waals surface area contributed by atoms with E-state index in [1.807, 2.05) is 41.3 Å². The van der Waals surface area contributed by atoms with Gasteiger partial charge in [-0.3, -0.25) is 9.69 Å². The Bertz CT molecular complexity index is 1200. The summed E-state index contributed by atoms with van der Waals surface area (Å²) in [6.07, 6.45) is 9.65. The van der Waals surface area contributed by atoms with Gasteiger partial charge in [0.15, 0.2) is 0 Å². The molecule has 2 aromatic carbocycles. The highest BCUT2D eigenvalue weighted by molar-refractivity contribution is 5.95. The Kier molecular flexibility index (Phi) is 4.75. The maximum atomic E-state index is 13.5. The first-order chi connectivity index (χ1) is 17.0. The average molecular weight is 471 g/mol. The highest BCUT2D eigenvalue weighted by Gasteiger charge is 2.71. The maximum absolute atomic E-state index is 13.5. The molecule has 0 spiro atoms. The molecule has 1 amide bonds. The minimum atomic E-state index is -0.948. The summed E-state index contributed by atoms with van der Waals surface area (Å²) in [5, 5.41) is 23.2. The normalized spacial score (nSPS) is 33.9. The van der Waals surface area contributed by atoms with Gasteiger partial charge in [-0.1, -0.05) is 43.2 Å². The second kappa shape index (κ2) is 7.68. The van der Waals surface area contributed by atoms with Gasteiger partial charge in [0.2, 0.25) is 0 Å². The molecular weight excluding hydrogens is 436 g/mol. The van der Waals surface area contributed by atoms with Gasteiger partial charge in [-0.25, -0.2) is 0 Å². The van der Waals surface area contributed by atoms with Crippen LogP contribution in [0.4, 0.5) is 0 Å². The summed E-state index contributed by atoms with van der Waals surface area (Å²) in [5.41, 5.74) is 2.73. The topological polar surface area (TPSA) is 64.0 Å². The van der Waals surface area contributed by atoms with E-state index in [0.717, 1.165) is 37.4 Å². The summed E-state index contributed by atoms with van der Waals surface area (Å²) in [6, 6.07) is 15.2. The van der Waals surface area contributed by atoms with Crippen molar-refractivity contribution in [3.8, 4) is 5.75 Å². The zero-order valence-corrected chi connectivity index (χ0v) is 20.2. The Hall–Kier alpha value is -2.63. The van der Waals surface area contributed by atoms with Crippen LogP contribution in [0.5, 0.6) is 5.75 Å². The van der Waals surface area contributed by atoms with Gasteiger partial charge in [0.1, 0.15) is 5.75 Å². The maximum Gasteiger partial charge on any atom is 0.254 e. The summed E-state index contributed by atoms with van der Waals surface area (Å²) in [5.74, 6) is 1.02. The molecule has 5 aliphatic rings. The Morgan fingerprint density at radius 3 is 2.69 bits per heavy atom. The lowest BCUT2D eigenvalue weighted by molar-refractivity contribution is -0.127. The number of hydrogen-bond donors (Lipinski definition) is 2. The molecule has 2 N–H and O–H groups in total. The quantitative estimate of drug-likeness (QED) is 0.665. The lowest BCUT2D eigenvalue weighted by Crippen LogP contribution is -2.70. The van der Waals surface area contributed by atoms with E-state index in [-0.39, 0.29) is 23.7 Å². The van der Waals surface area contributed by atoms with Gasteiger partial charge in [-0.05, 0) is 79.1 Å². The summed E-state index contributed by atoms with van der Waals surface area (Å²) in [4.78, 5) is 18.1. The fourth-order valence-corrected chi connectivity index (χ4v) is 8.46. The molecule has 2 heterocycles. The van der Waals surface area contributed by atoms with Gasteiger partial charge >= 0.3 is 0 Å². The lowest BCUT2D eigenvalue weighted by Gasteiger charge is -2.59. The molecular formula is C30H34N2O3. The second-order valence-corrected chi connectivity index (χ2v) is 11.5. The van der Waals surface area contributed by atoms with Gasteiger partial charge < -0.3 is 15.1 Å². The van der Waals surface area contributed by atoms with E-state index in [4.69, 9.17) is 0 Å². The number of benzene rings is 2. The first-order valence-electron chi connectivity index (χ1n) is 13.4. The molecule has 7 rings (SSSR count). The fourth-order valence-electron chi connectivity index (χ4n) is 8.46. The number of rotatable bonds is 3. The number of amides is 1. The van der Waals surface area contributed by atoms with E-state index < -0.39 is 11.0 Å². The number of fused-ring (bicyclic) bond motifs is 2. The van der Waals surface area contributed by atoms with Crippen molar-refractivity contribution in [1.82, 2.24) is 9.80 Å². The molecule has 35 heavy (non-hydrogen) atoms. The number of carbonyl (C=O) groups is 1. The van der Waals surface area contributed by atoms with Crippen LogP contribution in [0.1, 0.15) is 60.0 Å². The molecule has 3 fully saturated rings. The zero-order valence-electron chi connectivity index (χ0n) is 20.2. The van der Waals surface area contributed by atoms with Crippen LogP contribution in [-0.2, 0) is 11.8 Å². The van der Waals surface area contributed by atoms with Gasteiger partial charge in [-0.15, -0.1) is 0 Å². The molecule has 3 aliphatic carbocycles. The predicted molar refractivity (Wildman–Crippen MR) is 134 cm³/mol. The zero-order chi connectivity index (χ0) is 23.8. The first-order valence-corrected chi connectivity index (χ1v) is 13.4. The van der Waals surface area contributed by atoms with Crippen LogP contribution in [0.15, 0.2) is 60.2 Å². The van der Waals surface area contributed by atoms with Crippen LogP contribution >= 0.6 is 0 Å². The van der Waals surface area contributed by atoms with Crippen LogP contribution in [0.3, 0.4) is 0 Å². The largest absolute Gasteiger partial charge is 0.508 e. The molecule has 4 unspecified atom stereocenters. The van der Waals surface area contributed by atoms with Crippen molar-refractivity contribution in [2.45, 2.75) is 68.0 Å². The van der Waals surface area contributed by atoms with Crippen LogP contribution in [0.25, 0.3) is 0 Å². The minimum absolute atomic E-state index is 0.0361. The third-order valence-corrected chi connectivity index (χ3v) is 9.96. The molecule has 2 saturated carbocycles. The van der Waals surface area contributed by atoms with Crippen LogP contribution in [0, 0.1) is 5.92 Å². The van der Waals surface area contributed by atoms with E-state index in [9.17, 15) is 15.0 Å². The van der Waals surface area contributed by atoms with Crippen molar-refractivity contribution >= 4 is 5.91 Å². The highest BCUT2D eigenvalue weighted by Crippen LogP contribution is 2.64. The minimum Gasteiger partial charge on any atom is -0.508 e. The molecule has 5 heteroatoms. The molecule has 0 aromatic heterocycles.